The van der Waals surface area contributed by atoms with E-state index in [9.17, 15) is 4.79 Å². The summed E-state index contributed by atoms with van der Waals surface area (Å²) in [6, 6.07) is 5.65. The van der Waals surface area contributed by atoms with Gasteiger partial charge in [-0.2, -0.15) is 0 Å². The first-order valence-electron chi connectivity index (χ1n) is 6.61. The Morgan fingerprint density at radius 1 is 1.45 bits per heavy atom. The molecular weight excluding hydrogens is 294 g/mol. The third-order valence-electron chi connectivity index (χ3n) is 2.69. The van der Waals surface area contributed by atoms with Crippen LogP contribution in [0.15, 0.2) is 18.2 Å². The average Bonchev–Trinajstić information content (AvgIpc) is 2.78. The first kappa shape index (κ1) is 15.1. The Morgan fingerprint density at radius 2 is 2.25 bits per heavy atom. The van der Waals surface area contributed by atoms with Gasteiger partial charge >= 0.3 is 0 Å². The van der Waals surface area contributed by atoms with Crippen molar-refractivity contribution in [1.82, 2.24) is 10.3 Å². The first-order valence-corrected chi connectivity index (χ1v) is 7.80. The molecule has 4 nitrogen and oxygen atoms in total. The van der Waals surface area contributed by atoms with Gasteiger partial charge in [0.25, 0.3) is 0 Å². The van der Waals surface area contributed by atoms with E-state index in [4.69, 9.17) is 11.6 Å². The molecule has 0 fully saturated rings. The van der Waals surface area contributed by atoms with E-state index in [1.807, 2.05) is 18.2 Å². The van der Waals surface area contributed by atoms with Crippen LogP contribution in [-0.4, -0.2) is 24.0 Å². The minimum atomic E-state index is 0.0651. The number of anilines is 1. The number of aromatic nitrogens is 1. The second-order valence-corrected chi connectivity index (χ2v) is 6.47. The number of thiazole rings is 1. The van der Waals surface area contributed by atoms with Crippen LogP contribution in [0, 0.1) is 5.92 Å². The molecule has 0 bridgehead atoms. The second kappa shape index (κ2) is 6.90. The quantitative estimate of drug-likeness (QED) is 0.858. The topological polar surface area (TPSA) is 54.0 Å². The zero-order valence-corrected chi connectivity index (χ0v) is 13.1. The van der Waals surface area contributed by atoms with Crippen LogP contribution in [0.1, 0.15) is 20.3 Å². The fraction of sp³-hybridized carbons (Fsp3) is 0.429. The van der Waals surface area contributed by atoms with Crippen LogP contribution in [0.4, 0.5) is 5.13 Å². The molecule has 1 heterocycles. The molecule has 0 saturated carbocycles. The second-order valence-electron chi connectivity index (χ2n) is 5.01. The standard InChI is InChI=1S/C14H18ClN3OS/c1-9(2)8-17-13(19)5-6-16-14-18-11-7-10(15)3-4-12(11)20-14/h3-4,7,9H,5-6,8H2,1-2H3,(H,16,18)(H,17,19). The normalized spacial score (nSPS) is 11.0. The summed E-state index contributed by atoms with van der Waals surface area (Å²) in [7, 11) is 0. The summed E-state index contributed by atoms with van der Waals surface area (Å²) in [6.07, 6.45) is 0.448. The van der Waals surface area contributed by atoms with Crippen molar-refractivity contribution < 1.29 is 4.79 Å². The number of nitrogens with zero attached hydrogens (tertiary/aromatic N) is 1. The third-order valence-corrected chi connectivity index (χ3v) is 3.91. The number of hydrogen-bond donors (Lipinski definition) is 2. The zero-order valence-electron chi connectivity index (χ0n) is 11.6. The SMILES string of the molecule is CC(C)CNC(=O)CCNc1nc2cc(Cl)ccc2s1. The van der Waals surface area contributed by atoms with E-state index >= 15 is 0 Å². The van der Waals surface area contributed by atoms with Crippen LogP contribution in [0.2, 0.25) is 5.02 Å². The molecule has 0 atom stereocenters. The molecule has 0 radical (unpaired) electrons. The lowest BCUT2D eigenvalue weighted by Crippen LogP contribution is -2.28. The van der Waals surface area contributed by atoms with E-state index < -0.39 is 0 Å². The Balaban J connectivity index is 1.82. The van der Waals surface area contributed by atoms with Crippen LogP contribution in [0.3, 0.4) is 0 Å². The van der Waals surface area contributed by atoms with Crippen molar-refractivity contribution in [2.45, 2.75) is 20.3 Å². The molecule has 0 unspecified atom stereocenters. The van der Waals surface area contributed by atoms with Crippen LogP contribution >= 0.6 is 22.9 Å². The highest BCUT2D eigenvalue weighted by Gasteiger charge is 2.05. The van der Waals surface area contributed by atoms with Gasteiger partial charge in [0.15, 0.2) is 5.13 Å². The van der Waals surface area contributed by atoms with Crippen molar-refractivity contribution in [3.8, 4) is 0 Å². The van der Waals surface area contributed by atoms with E-state index in [0.717, 1.165) is 21.9 Å². The van der Waals surface area contributed by atoms with Crippen LogP contribution < -0.4 is 10.6 Å². The highest BCUT2D eigenvalue weighted by molar-refractivity contribution is 7.22. The van der Waals surface area contributed by atoms with Crippen molar-refractivity contribution in [2.24, 2.45) is 5.92 Å². The maximum atomic E-state index is 11.6. The number of carbonyl (C=O) groups excluding carboxylic acids is 1. The molecule has 2 aromatic rings. The van der Waals surface area contributed by atoms with Gasteiger partial charge in [-0.05, 0) is 24.1 Å². The molecule has 0 aliphatic carbocycles. The van der Waals surface area contributed by atoms with E-state index in [2.05, 4.69) is 29.5 Å². The molecule has 1 aromatic carbocycles. The van der Waals surface area contributed by atoms with Gasteiger partial charge in [-0.25, -0.2) is 4.98 Å². The molecule has 20 heavy (non-hydrogen) atoms. The molecule has 1 aromatic heterocycles. The number of benzene rings is 1. The van der Waals surface area contributed by atoms with Crippen LogP contribution in [-0.2, 0) is 4.79 Å². The predicted octanol–water partition coefficient (Wildman–Crippen LogP) is 3.52. The van der Waals surface area contributed by atoms with Crippen molar-refractivity contribution >= 4 is 44.2 Å². The number of halogens is 1. The van der Waals surface area contributed by atoms with E-state index in [0.29, 0.717) is 23.9 Å². The summed E-state index contributed by atoms with van der Waals surface area (Å²) in [5.74, 6) is 0.538. The summed E-state index contributed by atoms with van der Waals surface area (Å²) in [4.78, 5) is 16.0. The molecule has 0 aliphatic rings. The molecule has 2 N–H and O–H groups in total. The van der Waals surface area contributed by atoms with Gasteiger partial charge in [0.2, 0.25) is 5.91 Å². The zero-order chi connectivity index (χ0) is 14.5. The van der Waals surface area contributed by atoms with Crippen molar-refractivity contribution in [3.05, 3.63) is 23.2 Å². The van der Waals surface area contributed by atoms with Crippen molar-refractivity contribution in [1.29, 1.82) is 0 Å². The van der Waals surface area contributed by atoms with Gasteiger partial charge in [-0.15, -0.1) is 0 Å². The summed E-state index contributed by atoms with van der Waals surface area (Å²) < 4.78 is 1.08. The largest absolute Gasteiger partial charge is 0.361 e. The Morgan fingerprint density at radius 3 is 3.00 bits per heavy atom. The molecule has 1 amide bonds. The van der Waals surface area contributed by atoms with E-state index in [1.54, 1.807) is 11.3 Å². The highest BCUT2D eigenvalue weighted by Crippen LogP contribution is 2.27. The predicted molar refractivity (Wildman–Crippen MR) is 85.6 cm³/mol. The van der Waals surface area contributed by atoms with E-state index in [-0.39, 0.29) is 5.91 Å². The van der Waals surface area contributed by atoms with Gasteiger partial charge in [0.05, 0.1) is 10.2 Å². The van der Waals surface area contributed by atoms with Gasteiger partial charge in [0.1, 0.15) is 0 Å². The monoisotopic (exact) mass is 311 g/mol. The number of carbonyl (C=O) groups is 1. The van der Waals surface area contributed by atoms with Gasteiger partial charge in [-0.3, -0.25) is 4.79 Å². The lowest BCUT2D eigenvalue weighted by atomic mass is 10.2. The maximum absolute atomic E-state index is 11.6. The number of amides is 1. The Hall–Kier alpha value is -1.33. The number of hydrogen-bond acceptors (Lipinski definition) is 4. The number of fused-ring (bicyclic) bond motifs is 1. The number of nitrogens with one attached hydrogen (secondary N) is 2. The fourth-order valence-corrected chi connectivity index (χ4v) is 2.70. The molecule has 0 aliphatic heterocycles. The fourth-order valence-electron chi connectivity index (χ4n) is 1.67. The summed E-state index contributed by atoms with van der Waals surface area (Å²) in [5, 5.41) is 7.57. The summed E-state index contributed by atoms with van der Waals surface area (Å²) >= 11 is 7.49. The molecule has 0 saturated heterocycles. The lowest BCUT2D eigenvalue weighted by Gasteiger charge is -2.07. The molecule has 6 heteroatoms. The van der Waals surface area contributed by atoms with E-state index in [1.165, 1.54) is 0 Å². The van der Waals surface area contributed by atoms with Gasteiger partial charge in [-0.1, -0.05) is 36.8 Å². The minimum Gasteiger partial charge on any atom is -0.361 e. The lowest BCUT2D eigenvalue weighted by molar-refractivity contribution is -0.120. The van der Waals surface area contributed by atoms with Gasteiger partial charge < -0.3 is 10.6 Å². The van der Waals surface area contributed by atoms with Crippen molar-refractivity contribution in [2.75, 3.05) is 18.4 Å². The molecule has 0 spiro atoms. The smallest absolute Gasteiger partial charge is 0.221 e. The molecular formula is C14H18ClN3OS. The molecule has 2 rings (SSSR count). The Labute approximate surface area is 127 Å². The van der Waals surface area contributed by atoms with Crippen LogP contribution in [0.5, 0.6) is 0 Å². The van der Waals surface area contributed by atoms with Crippen LogP contribution in [0.25, 0.3) is 10.2 Å². The first-order chi connectivity index (χ1) is 9.54. The van der Waals surface area contributed by atoms with Gasteiger partial charge in [0, 0.05) is 24.5 Å². The number of rotatable bonds is 6. The maximum Gasteiger partial charge on any atom is 0.221 e. The minimum absolute atomic E-state index is 0.0651. The Bertz CT molecular complexity index is 597. The third kappa shape index (κ3) is 4.35. The van der Waals surface area contributed by atoms with Crippen molar-refractivity contribution in [3.63, 3.8) is 0 Å². The highest BCUT2D eigenvalue weighted by atomic mass is 35.5. The average molecular weight is 312 g/mol. The molecule has 108 valence electrons. The summed E-state index contributed by atoms with van der Waals surface area (Å²) in [6.45, 7) is 5.45. The Kier molecular flexibility index (Phi) is 5.20. The summed E-state index contributed by atoms with van der Waals surface area (Å²) in [5.41, 5.74) is 0.884.